The van der Waals surface area contributed by atoms with Crippen LogP contribution in [0, 0.1) is 16.0 Å². The summed E-state index contributed by atoms with van der Waals surface area (Å²) in [5, 5.41) is 21.2. The number of hydrogen-bond acceptors (Lipinski definition) is 9. The number of aliphatic hydroxyl groups is 1. The number of nitrogens with zero attached hydrogens (tertiary/aromatic N) is 5. The number of aryl methyl sites for hydroxylation is 1. The largest absolute Gasteiger partial charge is 0.573 e. The molecule has 3 aromatic carbocycles. The van der Waals surface area contributed by atoms with E-state index in [9.17, 15) is 28.4 Å². The van der Waals surface area contributed by atoms with Crippen molar-refractivity contribution in [2.45, 2.75) is 44.9 Å². The maximum Gasteiger partial charge on any atom is 0.573 e. The first kappa shape index (κ1) is 35.6. The van der Waals surface area contributed by atoms with E-state index >= 15 is 0 Å². The number of rotatable bonds is 15. The highest BCUT2D eigenvalue weighted by Crippen LogP contribution is 2.28. The summed E-state index contributed by atoms with van der Waals surface area (Å²) >= 11 is 5.93. The molecule has 1 fully saturated rings. The van der Waals surface area contributed by atoms with E-state index < -0.39 is 17.4 Å². The zero-order valence-corrected chi connectivity index (χ0v) is 27.5. The summed E-state index contributed by atoms with van der Waals surface area (Å²) in [6.45, 7) is 3.35. The molecule has 1 aliphatic rings. The molecule has 4 aromatic rings. The lowest BCUT2D eigenvalue weighted by Gasteiger charge is -2.35. The number of alkyl halides is 3. The van der Waals surface area contributed by atoms with Crippen LogP contribution in [0.25, 0.3) is 0 Å². The molecular weight excluding hydrogens is 667 g/mol. The number of piperidine rings is 1. The highest BCUT2D eigenvalue weighted by Gasteiger charge is 2.31. The smallest absolute Gasteiger partial charge is 0.491 e. The minimum absolute atomic E-state index is 0.00212. The molecule has 49 heavy (non-hydrogen) atoms. The van der Waals surface area contributed by atoms with Gasteiger partial charge >= 0.3 is 17.5 Å². The zero-order chi connectivity index (χ0) is 35.0. The maximum absolute atomic E-state index is 12.4. The third-order valence-corrected chi connectivity index (χ3v) is 8.54. The molecule has 15 heteroatoms. The van der Waals surface area contributed by atoms with Gasteiger partial charge in [0.05, 0.1) is 6.10 Å². The van der Waals surface area contributed by atoms with Gasteiger partial charge in [0.2, 0.25) is 0 Å². The number of aliphatic hydroxyl groups excluding tert-OH is 1. The van der Waals surface area contributed by atoms with E-state index in [4.69, 9.17) is 21.1 Å². The Bertz CT molecular complexity index is 1650. The molecule has 0 bridgehead atoms. The summed E-state index contributed by atoms with van der Waals surface area (Å²) in [5.74, 6) is 1.24. The van der Waals surface area contributed by atoms with Gasteiger partial charge in [0, 0.05) is 44.6 Å². The Morgan fingerprint density at radius 3 is 2.22 bits per heavy atom. The average Bonchev–Trinajstić information content (AvgIpc) is 3.47. The molecule has 1 unspecified atom stereocenters. The average molecular weight is 704 g/mol. The van der Waals surface area contributed by atoms with Crippen molar-refractivity contribution < 1.29 is 37.4 Å². The number of hydrogen-bond donors (Lipinski definition) is 1. The predicted octanol–water partition coefficient (Wildman–Crippen LogP) is 7.11. The lowest BCUT2D eigenvalue weighted by Crippen LogP contribution is -2.37. The SMILES string of the molecule is CN(CC1CCN(c2ccc(OCC(O)CCn3cc([N+](=O)[O-])nc3Cl)cc2)CC1)c1ccc(OCc2ccc(OC(F)(F)F)cc2)cc1. The van der Waals surface area contributed by atoms with Crippen LogP contribution in [0.5, 0.6) is 17.2 Å². The van der Waals surface area contributed by atoms with Crippen LogP contribution < -0.4 is 24.0 Å². The normalized spacial score (nSPS) is 14.4. The van der Waals surface area contributed by atoms with Crippen molar-refractivity contribution >= 4 is 28.8 Å². The molecule has 0 radical (unpaired) electrons. The number of benzene rings is 3. The Hall–Kier alpha value is -4.69. The molecule has 262 valence electrons. The van der Waals surface area contributed by atoms with Crippen LogP contribution in [0.4, 0.5) is 30.4 Å². The van der Waals surface area contributed by atoms with E-state index in [1.54, 1.807) is 0 Å². The van der Waals surface area contributed by atoms with Crippen molar-refractivity contribution in [2.75, 3.05) is 43.1 Å². The van der Waals surface area contributed by atoms with E-state index in [-0.39, 0.29) is 36.6 Å². The van der Waals surface area contributed by atoms with E-state index in [1.165, 1.54) is 35.0 Å². The number of halogens is 4. The number of aromatic nitrogens is 2. The Kier molecular flexibility index (Phi) is 11.7. The van der Waals surface area contributed by atoms with E-state index in [0.29, 0.717) is 23.8 Å². The van der Waals surface area contributed by atoms with Gasteiger partial charge < -0.3 is 39.2 Å². The Balaban J connectivity index is 0.997. The third-order valence-electron chi connectivity index (χ3n) is 8.24. The molecule has 1 saturated heterocycles. The fraction of sp³-hybridized carbons (Fsp3) is 0.382. The molecular formula is C34H37ClF3N5O6. The van der Waals surface area contributed by atoms with Crippen LogP contribution in [-0.2, 0) is 13.2 Å². The zero-order valence-electron chi connectivity index (χ0n) is 26.8. The van der Waals surface area contributed by atoms with Gasteiger partial charge in [-0.15, -0.1) is 13.2 Å². The molecule has 1 aromatic heterocycles. The number of imidazole rings is 1. The van der Waals surface area contributed by atoms with E-state index in [1.807, 2.05) is 48.5 Å². The van der Waals surface area contributed by atoms with Gasteiger partial charge in [0.15, 0.2) is 0 Å². The van der Waals surface area contributed by atoms with E-state index in [2.05, 4.69) is 26.6 Å². The van der Waals surface area contributed by atoms with Crippen molar-refractivity contribution in [3.05, 3.63) is 100.0 Å². The molecule has 1 atom stereocenters. The second kappa shape index (κ2) is 16.1. The Labute approximate surface area is 286 Å². The highest BCUT2D eigenvalue weighted by molar-refractivity contribution is 6.28. The monoisotopic (exact) mass is 703 g/mol. The van der Waals surface area contributed by atoms with E-state index in [0.717, 1.165) is 49.4 Å². The molecule has 1 aliphatic heterocycles. The van der Waals surface area contributed by atoms with Crippen molar-refractivity contribution in [3.63, 3.8) is 0 Å². The van der Waals surface area contributed by atoms with Crippen molar-refractivity contribution in [2.24, 2.45) is 5.92 Å². The minimum Gasteiger partial charge on any atom is -0.491 e. The van der Waals surface area contributed by atoms with Gasteiger partial charge in [-0.1, -0.05) is 12.1 Å². The van der Waals surface area contributed by atoms with Crippen LogP contribution in [0.3, 0.4) is 0 Å². The predicted molar refractivity (Wildman–Crippen MR) is 179 cm³/mol. The fourth-order valence-electron chi connectivity index (χ4n) is 5.56. The molecule has 0 aliphatic carbocycles. The number of nitro groups is 1. The van der Waals surface area contributed by atoms with Crippen LogP contribution in [0.15, 0.2) is 79.0 Å². The maximum atomic E-state index is 12.4. The quantitative estimate of drug-likeness (QED) is 0.102. The lowest BCUT2D eigenvalue weighted by atomic mass is 9.95. The van der Waals surface area contributed by atoms with Crippen molar-refractivity contribution in [1.29, 1.82) is 0 Å². The summed E-state index contributed by atoms with van der Waals surface area (Å²) in [6.07, 6.45) is -1.87. The lowest BCUT2D eigenvalue weighted by molar-refractivity contribution is -0.389. The molecule has 0 saturated carbocycles. The van der Waals surface area contributed by atoms with Crippen LogP contribution in [0.1, 0.15) is 24.8 Å². The summed E-state index contributed by atoms with van der Waals surface area (Å²) in [7, 11) is 2.07. The summed E-state index contributed by atoms with van der Waals surface area (Å²) in [5.41, 5.74) is 2.90. The van der Waals surface area contributed by atoms with Crippen molar-refractivity contribution in [3.8, 4) is 17.2 Å². The van der Waals surface area contributed by atoms with Gasteiger partial charge in [-0.2, -0.15) is 0 Å². The summed E-state index contributed by atoms with van der Waals surface area (Å²) in [6, 6.07) is 21.2. The second-order valence-electron chi connectivity index (χ2n) is 11.9. The standard InChI is InChI=1S/C34H37ClF3N5O6/c1-40(26-4-10-29(11-5-26)47-22-25-2-8-31(9-3-25)49-34(36,37)38)20-24-14-17-41(18-15-24)27-6-12-30(13-7-27)48-23-28(44)16-19-42-21-32(43(45)46)39-33(42)35/h2-13,21,24,28,44H,14-20,22-23H2,1H3. The number of ether oxygens (including phenoxy) is 3. The van der Waals surface area contributed by atoms with Gasteiger partial charge in [-0.3, -0.25) is 4.57 Å². The first-order valence-electron chi connectivity index (χ1n) is 15.7. The third kappa shape index (κ3) is 10.6. The highest BCUT2D eigenvalue weighted by atomic mass is 35.5. The topological polar surface area (TPSA) is 115 Å². The molecule has 11 nitrogen and oxygen atoms in total. The fourth-order valence-corrected chi connectivity index (χ4v) is 5.78. The molecule has 5 rings (SSSR count). The Morgan fingerprint density at radius 1 is 1.00 bits per heavy atom. The molecule has 2 heterocycles. The van der Waals surface area contributed by atoms with Crippen LogP contribution in [0.2, 0.25) is 5.28 Å². The van der Waals surface area contributed by atoms with Crippen LogP contribution >= 0.6 is 11.6 Å². The first-order chi connectivity index (χ1) is 23.4. The van der Waals surface area contributed by atoms with Gasteiger partial charge in [-0.25, -0.2) is 0 Å². The minimum atomic E-state index is -4.72. The summed E-state index contributed by atoms with van der Waals surface area (Å²) in [4.78, 5) is 18.5. The van der Waals surface area contributed by atoms with Gasteiger partial charge in [-0.05, 0) is 113 Å². The molecule has 0 amide bonds. The number of anilines is 2. The first-order valence-corrected chi connectivity index (χ1v) is 16.1. The second-order valence-corrected chi connectivity index (χ2v) is 12.2. The molecule has 1 N–H and O–H groups in total. The van der Waals surface area contributed by atoms with Gasteiger partial charge in [0.1, 0.15) is 36.7 Å². The Morgan fingerprint density at radius 2 is 1.61 bits per heavy atom. The summed E-state index contributed by atoms with van der Waals surface area (Å²) < 4.78 is 53.9. The molecule has 0 spiro atoms. The van der Waals surface area contributed by atoms with Crippen LogP contribution in [-0.4, -0.2) is 65.3 Å². The van der Waals surface area contributed by atoms with Gasteiger partial charge in [0.25, 0.3) is 0 Å². The van der Waals surface area contributed by atoms with Crippen molar-refractivity contribution in [1.82, 2.24) is 9.55 Å².